The molecule has 0 fully saturated rings. The van der Waals surface area contributed by atoms with Crippen molar-refractivity contribution in [1.82, 2.24) is 19.4 Å². The number of aryl methyl sites for hydroxylation is 1. The van der Waals surface area contributed by atoms with Crippen LogP contribution in [0.1, 0.15) is 25.5 Å². The van der Waals surface area contributed by atoms with Gasteiger partial charge in [0.2, 0.25) is 5.91 Å². The first kappa shape index (κ1) is 18.0. The molecule has 2 N–H and O–H groups in total. The summed E-state index contributed by atoms with van der Waals surface area (Å²) in [4.78, 5) is 22.6. The SMILES string of the molecule is CC(=O)N(CCCCn1cnc2c(N)nc3ccccc3c21)Cc1ccco1. The maximum Gasteiger partial charge on any atom is 0.219 e. The summed E-state index contributed by atoms with van der Waals surface area (Å²) in [6.45, 7) is 3.58. The monoisotopic (exact) mass is 377 g/mol. The molecule has 0 saturated heterocycles. The van der Waals surface area contributed by atoms with Crippen LogP contribution in [0.2, 0.25) is 0 Å². The Hall–Kier alpha value is -3.35. The Morgan fingerprint density at radius 2 is 2.07 bits per heavy atom. The second-order valence-electron chi connectivity index (χ2n) is 6.88. The van der Waals surface area contributed by atoms with Crippen molar-refractivity contribution < 1.29 is 9.21 Å². The molecule has 0 bridgehead atoms. The third-order valence-electron chi connectivity index (χ3n) is 4.93. The minimum absolute atomic E-state index is 0.0503. The first-order valence-corrected chi connectivity index (χ1v) is 9.40. The number of fused-ring (bicyclic) bond motifs is 3. The number of pyridine rings is 1. The van der Waals surface area contributed by atoms with Gasteiger partial charge in [0.05, 0.1) is 30.2 Å². The average Bonchev–Trinajstić information content (AvgIpc) is 3.34. The maximum absolute atomic E-state index is 11.9. The maximum atomic E-state index is 11.9. The van der Waals surface area contributed by atoms with Gasteiger partial charge in [-0.05, 0) is 31.0 Å². The Balaban J connectivity index is 1.45. The summed E-state index contributed by atoms with van der Waals surface area (Å²) in [5.41, 5.74) is 8.71. The summed E-state index contributed by atoms with van der Waals surface area (Å²) in [5.74, 6) is 1.30. The normalized spacial score (nSPS) is 11.3. The van der Waals surface area contributed by atoms with Gasteiger partial charge in [-0.3, -0.25) is 4.79 Å². The van der Waals surface area contributed by atoms with Crippen LogP contribution in [-0.4, -0.2) is 31.9 Å². The Morgan fingerprint density at radius 1 is 1.21 bits per heavy atom. The average molecular weight is 377 g/mol. The number of furan rings is 1. The molecule has 0 aliphatic heterocycles. The largest absolute Gasteiger partial charge is 0.467 e. The van der Waals surface area contributed by atoms with E-state index in [1.165, 1.54) is 0 Å². The van der Waals surface area contributed by atoms with Crippen LogP contribution in [0.5, 0.6) is 0 Å². The van der Waals surface area contributed by atoms with Gasteiger partial charge >= 0.3 is 0 Å². The number of imidazole rings is 1. The minimum Gasteiger partial charge on any atom is -0.467 e. The van der Waals surface area contributed by atoms with E-state index < -0.39 is 0 Å². The number of unbranched alkanes of at least 4 members (excludes halogenated alkanes) is 1. The zero-order chi connectivity index (χ0) is 19.5. The third kappa shape index (κ3) is 3.55. The fourth-order valence-corrected chi connectivity index (χ4v) is 3.50. The lowest BCUT2D eigenvalue weighted by Gasteiger charge is -2.19. The number of nitrogen functional groups attached to an aromatic ring is 1. The van der Waals surface area contributed by atoms with E-state index in [4.69, 9.17) is 10.2 Å². The number of nitrogens with two attached hydrogens (primary N) is 1. The van der Waals surface area contributed by atoms with Gasteiger partial charge in [-0.25, -0.2) is 9.97 Å². The first-order chi connectivity index (χ1) is 13.6. The van der Waals surface area contributed by atoms with E-state index in [0.717, 1.165) is 47.1 Å². The number of aromatic nitrogens is 3. The molecule has 4 aromatic rings. The topological polar surface area (TPSA) is 90.2 Å². The van der Waals surface area contributed by atoms with Crippen molar-refractivity contribution in [2.75, 3.05) is 12.3 Å². The van der Waals surface area contributed by atoms with E-state index in [1.807, 2.05) is 47.6 Å². The lowest BCUT2D eigenvalue weighted by Crippen LogP contribution is -2.29. The van der Waals surface area contributed by atoms with Gasteiger partial charge in [0, 0.05) is 25.4 Å². The van der Waals surface area contributed by atoms with E-state index >= 15 is 0 Å². The molecular weight excluding hydrogens is 354 g/mol. The van der Waals surface area contributed by atoms with Crippen LogP contribution in [0.4, 0.5) is 5.82 Å². The van der Waals surface area contributed by atoms with Crippen molar-refractivity contribution in [3.8, 4) is 0 Å². The number of amides is 1. The zero-order valence-corrected chi connectivity index (χ0v) is 15.8. The highest BCUT2D eigenvalue weighted by atomic mass is 16.3. The highest BCUT2D eigenvalue weighted by molar-refractivity contribution is 6.06. The third-order valence-corrected chi connectivity index (χ3v) is 4.93. The van der Waals surface area contributed by atoms with Gasteiger partial charge in [-0.1, -0.05) is 18.2 Å². The summed E-state index contributed by atoms with van der Waals surface area (Å²) in [6, 6.07) is 11.7. The van der Waals surface area contributed by atoms with Crippen molar-refractivity contribution in [1.29, 1.82) is 0 Å². The van der Waals surface area contributed by atoms with Gasteiger partial charge in [0.15, 0.2) is 5.82 Å². The van der Waals surface area contributed by atoms with Crippen molar-refractivity contribution in [2.24, 2.45) is 0 Å². The summed E-state index contributed by atoms with van der Waals surface area (Å²) in [5, 5.41) is 1.05. The molecule has 0 saturated carbocycles. The second-order valence-corrected chi connectivity index (χ2v) is 6.88. The predicted octanol–water partition coefficient (Wildman–Crippen LogP) is 3.59. The number of carbonyl (C=O) groups is 1. The molecule has 0 radical (unpaired) electrons. The van der Waals surface area contributed by atoms with Gasteiger partial charge in [-0.15, -0.1) is 0 Å². The fraction of sp³-hybridized carbons (Fsp3) is 0.286. The second kappa shape index (κ2) is 7.72. The highest BCUT2D eigenvalue weighted by Crippen LogP contribution is 2.27. The number of hydrogen-bond donors (Lipinski definition) is 1. The number of para-hydroxylation sites is 1. The molecule has 0 aliphatic carbocycles. The number of rotatable bonds is 7. The van der Waals surface area contributed by atoms with E-state index in [0.29, 0.717) is 18.9 Å². The van der Waals surface area contributed by atoms with E-state index in [1.54, 1.807) is 13.2 Å². The highest BCUT2D eigenvalue weighted by Gasteiger charge is 2.13. The van der Waals surface area contributed by atoms with Gasteiger partial charge in [-0.2, -0.15) is 0 Å². The quantitative estimate of drug-likeness (QED) is 0.497. The van der Waals surface area contributed by atoms with Gasteiger partial charge in [0.25, 0.3) is 0 Å². The van der Waals surface area contributed by atoms with Crippen molar-refractivity contribution in [2.45, 2.75) is 32.9 Å². The molecule has 0 spiro atoms. The first-order valence-electron chi connectivity index (χ1n) is 9.40. The smallest absolute Gasteiger partial charge is 0.219 e. The molecule has 7 nitrogen and oxygen atoms in total. The number of nitrogens with zero attached hydrogens (tertiary/aromatic N) is 4. The molecule has 4 rings (SSSR count). The van der Waals surface area contributed by atoms with Crippen LogP contribution in [0.3, 0.4) is 0 Å². The lowest BCUT2D eigenvalue weighted by molar-refractivity contribution is -0.129. The van der Waals surface area contributed by atoms with E-state index in [2.05, 4.69) is 14.5 Å². The predicted molar refractivity (Wildman–Crippen MR) is 108 cm³/mol. The molecule has 0 atom stereocenters. The van der Waals surface area contributed by atoms with Crippen LogP contribution in [0.25, 0.3) is 21.9 Å². The number of anilines is 1. The summed E-state index contributed by atoms with van der Waals surface area (Å²) < 4.78 is 7.48. The molecule has 3 aromatic heterocycles. The Morgan fingerprint density at radius 3 is 2.86 bits per heavy atom. The number of benzene rings is 1. The lowest BCUT2D eigenvalue weighted by atomic mass is 10.2. The Labute approximate surface area is 162 Å². The molecule has 1 aromatic carbocycles. The van der Waals surface area contributed by atoms with Gasteiger partial charge < -0.3 is 19.6 Å². The Bertz CT molecular complexity index is 1100. The van der Waals surface area contributed by atoms with Crippen molar-refractivity contribution in [3.05, 3.63) is 54.7 Å². The molecular formula is C21H23N5O2. The van der Waals surface area contributed by atoms with E-state index in [9.17, 15) is 4.79 Å². The molecule has 3 heterocycles. The standard InChI is InChI=1S/C21H23N5O2/c1-15(27)25(13-16-7-6-12-28-16)10-4-5-11-26-14-23-19-20(26)17-8-2-3-9-18(17)24-21(19)22/h2-3,6-9,12,14H,4-5,10-11,13H2,1H3,(H2,22,24). The van der Waals surface area contributed by atoms with Crippen LogP contribution >= 0.6 is 0 Å². The summed E-state index contributed by atoms with van der Waals surface area (Å²) in [7, 11) is 0. The molecule has 0 aliphatic rings. The minimum atomic E-state index is 0.0503. The number of hydrogen-bond acceptors (Lipinski definition) is 5. The van der Waals surface area contributed by atoms with Crippen molar-refractivity contribution >= 4 is 33.7 Å². The van der Waals surface area contributed by atoms with Crippen LogP contribution in [0, 0.1) is 0 Å². The van der Waals surface area contributed by atoms with Crippen LogP contribution in [0.15, 0.2) is 53.4 Å². The van der Waals surface area contributed by atoms with Crippen LogP contribution < -0.4 is 5.73 Å². The summed E-state index contributed by atoms with van der Waals surface area (Å²) >= 11 is 0. The van der Waals surface area contributed by atoms with Crippen LogP contribution in [-0.2, 0) is 17.9 Å². The molecule has 1 amide bonds. The number of carbonyl (C=O) groups excluding carboxylic acids is 1. The molecule has 0 unspecified atom stereocenters. The van der Waals surface area contributed by atoms with Gasteiger partial charge in [0.1, 0.15) is 11.3 Å². The van der Waals surface area contributed by atoms with E-state index in [-0.39, 0.29) is 5.91 Å². The van der Waals surface area contributed by atoms with Crippen molar-refractivity contribution in [3.63, 3.8) is 0 Å². The molecule has 28 heavy (non-hydrogen) atoms. The fourth-order valence-electron chi connectivity index (χ4n) is 3.50. The summed E-state index contributed by atoms with van der Waals surface area (Å²) in [6.07, 6.45) is 5.26. The molecule has 144 valence electrons. The zero-order valence-electron chi connectivity index (χ0n) is 15.8. The Kier molecular flexibility index (Phi) is 4.97. The molecule has 7 heteroatoms.